The molecule has 0 aliphatic rings. The predicted molar refractivity (Wildman–Crippen MR) is 105 cm³/mol. The quantitative estimate of drug-likeness (QED) is 0.502. The Morgan fingerprint density at radius 1 is 0.857 bits per heavy atom. The van der Waals surface area contributed by atoms with Crippen LogP contribution in [0.2, 0.25) is 10.0 Å². The Labute approximate surface area is 169 Å². The summed E-state index contributed by atoms with van der Waals surface area (Å²) in [6.45, 7) is 0.182. The normalized spacial score (nSPS) is 11.3. The Morgan fingerprint density at radius 2 is 1.46 bits per heavy atom. The van der Waals surface area contributed by atoms with Gasteiger partial charge in [-0.05, 0) is 34.9 Å². The smallest absolute Gasteiger partial charge is 0.348 e. The molecule has 1 N–H and O–H groups in total. The Hall–Kier alpha value is -2.50. The van der Waals surface area contributed by atoms with Crippen molar-refractivity contribution in [2.75, 3.05) is 0 Å². The Morgan fingerprint density at radius 3 is 2.07 bits per heavy atom. The molecule has 0 radical (unpaired) electrons. The Kier molecular flexibility index (Phi) is 5.96. The zero-order valence-electron chi connectivity index (χ0n) is 14.4. The predicted octanol–water partition coefficient (Wildman–Crippen LogP) is 6.61. The average molecular weight is 424 g/mol. The van der Waals surface area contributed by atoms with Gasteiger partial charge in [0.1, 0.15) is 0 Å². The van der Waals surface area contributed by atoms with E-state index in [0.29, 0.717) is 5.56 Å². The van der Waals surface area contributed by atoms with E-state index >= 15 is 0 Å². The van der Waals surface area contributed by atoms with Gasteiger partial charge in [-0.3, -0.25) is 4.79 Å². The third-order valence-electron chi connectivity index (χ3n) is 4.14. The number of amides is 1. The van der Waals surface area contributed by atoms with Gasteiger partial charge in [-0.2, -0.15) is 13.2 Å². The number of benzene rings is 3. The van der Waals surface area contributed by atoms with Gasteiger partial charge in [-0.15, -0.1) is 0 Å². The van der Waals surface area contributed by atoms with Crippen molar-refractivity contribution >= 4 is 29.1 Å². The van der Waals surface area contributed by atoms with Gasteiger partial charge in [0.05, 0.1) is 21.2 Å². The van der Waals surface area contributed by atoms with E-state index in [4.69, 9.17) is 23.2 Å². The van der Waals surface area contributed by atoms with Crippen LogP contribution in [0, 0.1) is 0 Å². The molecule has 144 valence electrons. The molecule has 0 aromatic heterocycles. The first-order valence-corrected chi connectivity index (χ1v) is 9.00. The van der Waals surface area contributed by atoms with Gasteiger partial charge in [-0.25, -0.2) is 0 Å². The van der Waals surface area contributed by atoms with Crippen LogP contribution in [-0.4, -0.2) is 5.91 Å². The van der Waals surface area contributed by atoms with E-state index in [-0.39, 0.29) is 27.7 Å². The van der Waals surface area contributed by atoms with Crippen molar-refractivity contribution in [3.05, 3.63) is 93.5 Å². The zero-order chi connectivity index (χ0) is 20.3. The number of hydrogen-bond acceptors (Lipinski definition) is 1. The average Bonchev–Trinajstić information content (AvgIpc) is 2.66. The molecule has 0 bridgehead atoms. The largest absolute Gasteiger partial charge is 0.417 e. The fraction of sp³-hybridized carbons (Fsp3) is 0.0952. The molecule has 0 spiro atoms. The minimum absolute atomic E-state index is 0.105. The van der Waals surface area contributed by atoms with E-state index in [1.54, 1.807) is 48.5 Å². The zero-order valence-corrected chi connectivity index (χ0v) is 15.9. The summed E-state index contributed by atoms with van der Waals surface area (Å²) in [6.07, 6.45) is -4.43. The molecule has 3 rings (SSSR count). The highest BCUT2D eigenvalue weighted by molar-refractivity contribution is 6.39. The first-order valence-electron chi connectivity index (χ1n) is 8.25. The summed E-state index contributed by atoms with van der Waals surface area (Å²) in [7, 11) is 0. The number of rotatable bonds is 4. The van der Waals surface area contributed by atoms with Gasteiger partial charge >= 0.3 is 6.18 Å². The first kappa shape index (κ1) is 20.2. The van der Waals surface area contributed by atoms with E-state index in [1.807, 2.05) is 0 Å². The third-order valence-corrected chi connectivity index (χ3v) is 4.77. The summed E-state index contributed by atoms with van der Waals surface area (Å²) < 4.78 is 39.5. The lowest BCUT2D eigenvalue weighted by Crippen LogP contribution is -2.23. The second-order valence-corrected chi connectivity index (χ2v) is 6.83. The maximum absolute atomic E-state index is 13.2. The molecule has 0 unspecified atom stereocenters. The molecule has 3 aromatic rings. The summed E-state index contributed by atoms with van der Waals surface area (Å²) >= 11 is 12.0. The Bertz CT molecular complexity index is 981. The van der Waals surface area contributed by atoms with E-state index in [2.05, 4.69) is 5.32 Å². The van der Waals surface area contributed by atoms with Crippen LogP contribution in [0.25, 0.3) is 11.1 Å². The topological polar surface area (TPSA) is 29.1 Å². The van der Waals surface area contributed by atoms with E-state index in [0.717, 1.165) is 11.6 Å². The van der Waals surface area contributed by atoms with E-state index < -0.39 is 17.6 Å². The van der Waals surface area contributed by atoms with Crippen LogP contribution in [0.1, 0.15) is 21.5 Å². The number of carbonyl (C=O) groups is 1. The third kappa shape index (κ3) is 4.49. The number of hydrogen-bond donors (Lipinski definition) is 1. The second-order valence-electron chi connectivity index (χ2n) is 6.02. The van der Waals surface area contributed by atoms with E-state index in [9.17, 15) is 18.0 Å². The van der Waals surface area contributed by atoms with Gasteiger partial charge < -0.3 is 5.32 Å². The molecular formula is C21H14Cl2F3NO. The molecule has 1 amide bonds. The molecule has 28 heavy (non-hydrogen) atoms. The SMILES string of the molecule is O=C(NCc1ccc(-c2ccccc2C(F)(F)F)cc1)c1c(Cl)cccc1Cl. The summed E-state index contributed by atoms with van der Waals surface area (Å²) in [5, 5.41) is 3.18. The van der Waals surface area contributed by atoms with Crippen molar-refractivity contribution in [2.24, 2.45) is 0 Å². The lowest BCUT2D eigenvalue weighted by Gasteiger charge is -2.13. The molecule has 7 heteroatoms. The fourth-order valence-corrected chi connectivity index (χ4v) is 3.34. The van der Waals surface area contributed by atoms with Crippen molar-refractivity contribution in [3.8, 4) is 11.1 Å². The van der Waals surface area contributed by atoms with Crippen LogP contribution in [0.5, 0.6) is 0 Å². The van der Waals surface area contributed by atoms with Crippen LogP contribution in [-0.2, 0) is 12.7 Å². The molecule has 0 saturated heterocycles. The molecule has 0 atom stereocenters. The number of halogens is 5. The van der Waals surface area contributed by atoms with Crippen LogP contribution < -0.4 is 5.32 Å². The van der Waals surface area contributed by atoms with Crippen LogP contribution in [0.15, 0.2) is 66.7 Å². The molecular weight excluding hydrogens is 410 g/mol. The minimum atomic E-state index is -4.43. The summed E-state index contributed by atoms with van der Waals surface area (Å²) in [6, 6.07) is 16.7. The molecule has 0 fully saturated rings. The summed E-state index contributed by atoms with van der Waals surface area (Å²) in [5.74, 6) is -0.429. The molecule has 0 aliphatic carbocycles. The van der Waals surface area contributed by atoms with E-state index in [1.165, 1.54) is 12.1 Å². The first-order chi connectivity index (χ1) is 13.3. The second kappa shape index (κ2) is 8.25. The lowest BCUT2D eigenvalue weighted by atomic mass is 9.98. The number of alkyl halides is 3. The highest BCUT2D eigenvalue weighted by Crippen LogP contribution is 2.36. The molecule has 0 heterocycles. The molecule has 3 aromatic carbocycles. The maximum Gasteiger partial charge on any atom is 0.417 e. The summed E-state index contributed by atoms with van der Waals surface area (Å²) in [5.41, 5.74) is 0.765. The van der Waals surface area contributed by atoms with Gasteiger partial charge in [0, 0.05) is 6.54 Å². The van der Waals surface area contributed by atoms with Crippen molar-refractivity contribution in [3.63, 3.8) is 0 Å². The van der Waals surface area contributed by atoms with Gasteiger partial charge in [-0.1, -0.05) is 71.7 Å². The molecule has 2 nitrogen and oxygen atoms in total. The van der Waals surface area contributed by atoms with Crippen molar-refractivity contribution in [1.29, 1.82) is 0 Å². The van der Waals surface area contributed by atoms with Gasteiger partial charge in [0.2, 0.25) is 0 Å². The molecule has 0 aliphatic heterocycles. The standard InChI is InChI=1S/C21H14Cl2F3NO/c22-17-6-3-7-18(23)19(17)20(28)27-12-13-8-10-14(11-9-13)15-4-1-2-5-16(15)21(24,25)26/h1-11H,12H2,(H,27,28). The Balaban J connectivity index is 1.75. The van der Waals surface area contributed by atoms with Crippen LogP contribution in [0.3, 0.4) is 0 Å². The van der Waals surface area contributed by atoms with Crippen molar-refractivity contribution in [1.82, 2.24) is 5.32 Å². The molecule has 0 saturated carbocycles. The maximum atomic E-state index is 13.2. The van der Waals surface area contributed by atoms with Crippen LogP contribution in [0.4, 0.5) is 13.2 Å². The summed E-state index contributed by atoms with van der Waals surface area (Å²) in [4.78, 5) is 12.3. The van der Waals surface area contributed by atoms with Gasteiger partial charge in [0.15, 0.2) is 0 Å². The number of carbonyl (C=O) groups excluding carboxylic acids is 1. The highest BCUT2D eigenvalue weighted by atomic mass is 35.5. The fourth-order valence-electron chi connectivity index (χ4n) is 2.77. The monoisotopic (exact) mass is 423 g/mol. The minimum Gasteiger partial charge on any atom is -0.348 e. The van der Waals surface area contributed by atoms with Gasteiger partial charge in [0.25, 0.3) is 5.91 Å². The highest BCUT2D eigenvalue weighted by Gasteiger charge is 2.33. The lowest BCUT2D eigenvalue weighted by molar-refractivity contribution is -0.137. The van der Waals surface area contributed by atoms with Crippen LogP contribution >= 0.6 is 23.2 Å². The van der Waals surface area contributed by atoms with Crippen molar-refractivity contribution in [2.45, 2.75) is 12.7 Å². The number of nitrogens with one attached hydrogen (secondary N) is 1. The van der Waals surface area contributed by atoms with Crippen molar-refractivity contribution < 1.29 is 18.0 Å².